The molecule has 1 aromatic heterocycles. The fraction of sp³-hybridized carbons (Fsp3) is 0.474. The van der Waals surface area contributed by atoms with E-state index >= 15 is 0 Å². The highest BCUT2D eigenvalue weighted by molar-refractivity contribution is 5.79. The van der Waals surface area contributed by atoms with Crippen LogP contribution in [0.25, 0.3) is 0 Å². The molecule has 7 nitrogen and oxygen atoms in total. The Labute approximate surface area is 154 Å². The summed E-state index contributed by atoms with van der Waals surface area (Å²) in [6, 6.07) is 6.05. The summed E-state index contributed by atoms with van der Waals surface area (Å²) in [6.07, 6.45) is 4.74. The predicted molar refractivity (Wildman–Crippen MR) is 102 cm³/mol. The zero-order valence-electron chi connectivity index (χ0n) is 15.7. The van der Waals surface area contributed by atoms with Gasteiger partial charge in [-0.15, -0.1) is 0 Å². The third-order valence-electron chi connectivity index (χ3n) is 4.14. The van der Waals surface area contributed by atoms with Gasteiger partial charge in [0, 0.05) is 32.5 Å². The Hall–Kier alpha value is -2.70. The van der Waals surface area contributed by atoms with Gasteiger partial charge in [0.25, 0.3) is 0 Å². The van der Waals surface area contributed by atoms with Crippen LogP contribution in [-0.4, -0.2) is 35.9 Å². The van der Waals surface area contributed by atoms with Crippen molar-refractivity contribution < 1.29 is 9.47 Å². The Morgan fingerprint density at radius 2 is 2.12 bits per heavy atom. The molecular formula is C19H27N5O2. The molecule has 26 heavy (non-hydrogen) atoms. The maximum Gasteiger partial charge on any atom is 0.231 e. The first-order valence-corrected chi connectivity index (χ1v) is 8.98. The molecule has 2 heterocycles. The van der Waals surface area contributed by atoms with Crippen LogP contribution in [0.1, 0.15) is 25.2 Å². The molecule has 140 valence electrons. The highest BCUT2D eigenvalue weighted by atomic mass is 16.7. The Morgan fingerprint density at radius 1 is 1.27 bits per heavy atom. The number of ether oxygens (including phenoxy) is 2. The maximum absolute atomic E-state index is 5.42. The second kappa shape index (κ2) is 8.60. The first-order chi connectivity index (χ1) is 12.7. The Balaban J connectivity index is 1.46. The van der Waals surface area contributed by atoms with Crippen LogP contribution in [0.3, 0.4) is 0 Å². The summed E-state index contributed by atoms with van der Waals surface area (Å²) in [4.78, 5) is 8.71. The van der Waals surface area contributed by atoms with E-state index in [0.29, 0.717) is 19.3 Å². The van der Waals surface area contributed by atoms with Crippen molar-refractivity contribution >= 4 is 5.96 Å². The van der Waals surface area contributed by atoms with Crippen LogP contribution in [0.15, 0.2) is 35.6 Å². The van der Waals surface area contributed by atoms with Crippen LogP contribution >= 0.6 is 0 Å². The minimum absolute atomic E-state index is 0.306. The van der Waals surface area contributed by atoms with Crippen LogP contribution < -0.4 is 20.1 Å². The van der Waals surface area contributed by atoms with Gasteiger partial charge in [-0.1, -0.05) is 19.9 Å². The van der Waals surface area contributed by atoms with Crippen LogP contribution in [0.4, 0.5) is 0 Å². The van der Waals surface area contributed by atoms with Crippen molar-refractivity contribution in [3.8, 4) is 11.5 Å². The van der Waals surface area contributed by atoms with Crippen LogP contribution in [0.5, 0.6) is 11.5 Å². The minimum Gasteiger partial charge on any atom is -0.454 e. The summed E-state index contributed by atoms with van der Waals surface area (Å²) in [6.45, 7) is 7.10. The van der Waals surface area contributed by atoms with E-state index in [-0.39, 0.29) is 0 Å². The average molecular weight is 357 g/mol. The number of imidazole rings is 1. The number of benzene rings is 1. The molecular weight excluding hydrogens is 330 g/mol. The number of aliphatic imine (C=N–C) groups is 1. The van der Waals surface area contributed by atoms with Gasteiger partial charge in [-0.05, 0) is 30.0 Å². The lowest BCUT2D eigenvalue weighted by Gasteiger charge is -2.14. The van der Waals surface area contributed by atoms with Crippen molar-refractivity contribution in [3.63, 3.8) is 0 Å². The van der Waals surface area contributed by atoms with E-state index in [0.717, 1.165) is 42.8 Å². The zero-order chi connectivity index (χ0) is 18.4. The summed E-state index contributed by atoms with van der Waals surface area (Å²) in [7, 11) is 1.77. The van der Waals surface area contributed by atoms with Gasteiger partial charge in [0.2, 0.25) is 6.79 Å². The number of nitrogens with one attached hydrogen (secondary N) is 2. The lowest BCUT2D eigenvalue weighted by atomic mass is 10.1. The van der Waals surface area contributed by atoms with Crippen molar-refractivity contribution in [2.45, 2.75) is 33.4 Å². The number of nitrogens with zero attached hydrogens (tertiary/aromatic N) is 3. The van der Waals surface area contributed by atoms with E-state index in [1.54, 1.807) is 7.05 Å². The Kier molecular flexibility index (Phi) is 5.99. The summed E-state index contributed by atoms with van der Waals surface area (Å²) >= 11 is 0. The smallest absolute Gasteiger partial charge is 0.231 e. The highest BCUT2D eigenvalue weighted by Crippen LogP contribution is 2.32. The predicted octanol–water partition coefficient (Wildman–Crippen LogP) is 2.18. The van der Waals surface area contributed by atoms with Crippen molar-refractivity contribution in [2.24, 2.45) is 10.9 Å². The van der Waals surface area contributed by atoms with Gasteiger partial charge in [-0.25, -0.2) is 4.98 Å². The molecule has 1 aliphatic rings. The molecule has 0 spiro atoms. The van der Waals surface area contributed by atoms with E-state index < -0.39 is 0 Å². The van der Waals surface area contributed by atoms with Crippen molar-refractivity contribution in [1.29, 1.82) is 0 Å². The fourth-order valence-electron chi connectivity index (χ4n) is 2.87. The largest absolute Gasteiger partial charge is 0.454 e. The zero-order valence-corrected chi connectivity index (χ0v) is 15.7. The number of guanidine groups is 1. The number of hydrogen-bond acceptors (Lipinski definition) is 4. The molecule has 0 unspecified atom stereocenters. The molecule has 2 aromatic rings. The second-order valence-corrected chi connectivity index (χ2v) is 6.68. The summed E-state index contributed by atoms with van der Waals surface area (Å²) in [5.74, 6) is 4.00. The lowest BCUT2D eigenvalue weighted by molar-refractivity contribution is 0.174. The Morgan fingerprint density at radius 3 is 2.92 bits per heavy atom. The maximum atomic E-state index is 5.42. The van der Waals surface area contributed by atoms with Crippen molar-refractivity contribution in [2.75, 3.05) is 20.4 Å². The summed E-state index contributed by atoms with van der Waals surface area (Å²) < 4.78 is 12.9. The van der Waals surface area contributed by atoms with E-state index in [4.69, 9.17) is 9.47 Å². The molecule has 0 saturated heterocycles. The van der Waals surface area contributed by atoms with E-state index in [9.17, 15) is 0 Å². The summed E-state index contributed by atoms with van der Waals surface area (Å²) in [5.41, 5.74) is 1.20. The SMILES string of the molecule is CN=C(NCCc1ccc2c(c1)OCO2)NCc1nccn1CC(C)C. The van der Waals surface area contributed by atoms with E-state index in [1.807, 2.05) is 24.5 Å². The first-order valence-electron chi connectivity index (χ1n) is 8.98. The molecule has 0 saturated carbocycles. The van der Waals surface area contributed by atoms with Crippen molar-refractivity contribution in [1.82, 2.24) is 20.2 Å². The number of hydrogen-bond donors (Lipinski definition) is 2. The average Bonchev–Trinajstić information content (AvgIpc) is 3.26. The quantitative estimate of drug-likeness (QED) is 0.587. The fourth-order valence-corrected chi connectivity index (χ4v) is 2.87. The molecule has 0 aliphatic carbocycles. The van der Waals surface area contributed by atoms with Gasteiger partial charge in [0.1, 0.15) is 5.82 Å². The van der Waals surface area contributed by atoms with Gasteiger partial charge in [0.15, 0.2) is 17.5 Å². The second-order valence-electron chi connectivity index (χ2n) is 6.68. The molecule has 1 aromatic carbocycles. The molecule has 0 bridgehead atoms. The molecule has 0 amide bonds. The topological polar surface area (TPSA) is 72.7 Å². The highest BCUT2D eigenvalue weighted by Gasteiger charge is 2.13. The standard InChI is InChI=1S/C19H27N5O2/c1-14(2)12-24-9-8-21-18(24)11-23-19(20-3)22-7-6-15-4-5-16-17(10-15)26-13-25-16/h4-5,8-10,14H,6-7,11-13H2,1-3H3,(H2,20,22,23). The van der Waals surface area contributed by atoms with Crippen LogP contribution in [-0.2, 0) is 19.5 Å². The van der Waals surface area contributed by atoms with Gasteiger partial charge in [-0.3, -0.25) is 4.99 Å². The summed E-state index contributed by atoms with van der Waals surface area (Å²) in [5, 5.41) is 6.66. The molecule has 3 rings (SSSR count). The molecule has 0 radical (unpaired) electrons. The van der Waals surface area contributed by atoms with E-state index in [2.05, 4.69) is 45.1 Å². The van der Waals surface area contributed by atoms with Gasteiger partial charge >= 0.3 is 0 Å². The normalized spacial score (nSPS) is 13.3. The van der Waals surface area contributed by atoms with Crippen LogP contribution in [0.2, 0.25) is 0 Å². The Bertz CT molecular complexity index is 754. The molecule has 0 atom stereocenters. The minimum atomic E-state index is 0.306. The molecule has 1 aliphatic heterocycles. The van der Waals surface area contributed by atoms with Gasteiger partial charge < -0.3 is 24.7 Å². The van der Waals surface area contributed by atoms with Gasteiger partial charge in [0.05, 0.1) is 6.54 Å². The van der Waals surface area contributed by atoms with Gasteiger partial charge in [-0.2, -0.15) is 0 Å². The number of fused-ring (bicyclic) bond motifs is 1. The van der Waals surface area contributed by atoms with Crippen LogP contribution in [0, 0.1) is 5.92 Å². The monoisotopic (exact) mass is 357 g/mol. The number of rotatable bonds is 7. The third-order valence-corrected chi connectivity index (χ3v) is 4.14. The lowest BCUT2D eigenvalue weighted by Crippen LogP contribution is -2.38. The number of aromatic nitrogens is 2. The molecule has 7 heteroatoms. The third kappa shape index (κ3) is 4.68. The van der Waals surface area contributed by atoms with Crippen molar-refractivity contribution in [3.05, 3.63) is 42.0 Å². The first kappa shape index (κ1) is 18.1. The molecule has 2 N–H and O–H groups in total. The van der Waals surface area contributed by atoms with E-state index in [1.165, 1.54) is 5.56 Å². The molecule has 0 fully saturated rings.